The molecule has 19 heavy (non-hydrogen) atoms. The van der Waals surface area contributed by atoms with Gasteiger partial charge in [0.05, 0.1) is 0 Å². The topological polar surface area (TPSA) is 105 Å². The van der Waals surface area contributed by atoms with Gasteiger partial charge in [0, 0.05) is 19.3 Å². The minimum atomic E-state index is -1.03. The first-order valence-electron chi connectivity index (χ1n) is 6.40. The third-order valence-electron chi connectivity index (χ3n) is 2.59. The van der Waals surface area contributed by atoms with Gasteiger partial charge in [-0.2, -0.15) is 4.98 Å². The molecule has 0 saturated heterocycles. The third kappa shape index (κ3) is 5.07. The van der Waals surface area contributed by atoms with Crippen LogP contribution in [0.2, 0.25) is 0 Å². The summed E-state index contributed by atoms with van der Waals surface area (Å²) in [4.78, 5) is 26.5. The molecule has 0 bridgehead atoms. The van der Waals surface area contributed by atoms with Gasteiger partial charge in [0.15, 0.2) is 5.82 Å². The standard InChI is InChI=1S/C12H19N3O4/c1-3-5-9-14-11(19-15-9)7-6-10(16)13-8(4-2)12(17)18/h8H,3-7H2,1-2H3,(H,13,16)(H,17,18)/t8-/m0/s1. The number of nitrogens with zero attached hydrogens (tertiary/aromatic N) is 2. The van der Waals surface area contributed by atoms with Crippen LogP contribution in [0.1, 0.15) is 44.8 Å². The first-order chi connectivity index (χ1) is 9.06. The van der Waals surface area contributed by atoms with Gasteiger partial charge in [0.2, 0.25) is 11.8 Å². The van der Waals surface area contributed by atoms with Gasteiger partial charge in [-0.15, -0.1) is 0 Å². The number of hydrogen-bond donors (Lipinski definition) is 2. The zero-order valence-corrected chi connectivity index (χ0v) is 11.2. The molecule has 1 rings (SSSR count). The number of rotatable bonds is 8. The van der Waals surface area contributed by atoms with Crippen LogP contribution in [0, 0.1) is 0 Å². The summed E-state index contributed by atoms with van der Waals surface area (Å²) in [5.74, 6) is -0.319. The molecule has 0 radical (unpaired) electrons. The van der Waals surface area contributed by atoms with E-state index in [0.717, 1.165) is 12.8 Å². The molecule has 0 spiro atoms. The van der Waals surface area contributed by atoms with Gasteiger partial charge >= 0.3 is 5.97 Å². The lowest BCUT2D eigenvalue weighted by atomic mass is 10.2. The second-order valence-electron chi connectivity index (χ2n) is 4.22. The van der Waals surface area contributed by atoms with Crippen LogP contribution < -0.4 is 5.32 Å². The van der Waals surface area contributed by atoms with Crippen LogP contribution in [0.5, 0.6) is 0 Å². The summed E-state index contributed by atoms with van der Waals surface area (Å²) in [5, 5.41) is 15.0. The van der Waals surface area contributed by atoms with Crippen molar-refractivity contribution in [1.82, 2.24) is 15.5 Å². The second kappa shape index (κ2) is 7.50. The van der Waals surface area contributed by atoms with E-state index in [1.165, 1.54) is 0 Å². The van der Waals surface area contributed by atoms with Crippen molar-refractivity contribution < 1.29 is 19.2 Å². The molecular weight excluding hydrogens is 250 g/mol. The number of amides is 1. The molecule has 1 heterocycles. The first-order valence-corrected chi connectivity index (χ1v) is 6.40. The van der Waals surface area contributed by atoms with Crippen LogP contribution in [0.4, 0.5) is 0 Å². The van der Waals surface area contributed by atoms with Gasteiger partial charge in [0.25, 0.3) is 0 Å². The molecule has 0 aliphatic rings. The number of carboxylic acid groups (broad SMARTS) is 1. The average molecular weight is 269 g/mol. The monoisotopic (exact) mass is 269 g/mol. The van der Waals surface area contributed by atoms with Gasteiger partial charge in [-0.1, -0.05) is 19.0 Å². The van der Waals surface area contributed by atoms with Crippen molar-refractivity contribution in [1.29, 1.82) is 0 Å². The quantitative estimate of drug-likeness (QED) is 0.727. The van der Waals surface area contributed by atoms with Crippen LogP contribution in [-0.4, -0.2) is 33.2 Å². The van der Waals surface area contributed by atoms with Crippen LogP contribution >= 0.6 is 0 Å². The van der Waals surface area contributed by atoms with E-state index in [4.69, 9.17) is 9.63 Å². The van der Waals surface area contributed by atoms with E-state index >= 15 is 0 Å². The van der Waals surface area contributed by atoms with Crippen molar-refractivity contribution in [3.05, 3.63) is 11.7 Å². The molecule has 1 aromatic heterocycles. The molecular formula is C12H19N3O4. The highest BCUT2D eigenvalue weighted by molar-refractivity contribution is 5.83. The number of carbonyl (C=O) groups is 2. The Morgan fingerprint density at radius 2 is 2.11 bits per heavy atom. The zero-order chi connectivity index (χ0) is 14.3. The van der Waals surface area contributed by atoms with Crippen molar-refractivity contribution in [2.75, 3.05) is 0 Å². The Labute approximate surface area is 111 Å². The fourth-order valence-electron chi connectivity index (χ4n) is 1.54. The molecule has 1 atom stereocenters. The molecule has 0 aliphatic carbocycles. The Hall–Kier alpha value is -1.92. The molecule has 0 unspecified atom stereocenters. The summed E-state index contributed by atoms with van der Waals surface area (Å²) >= 11 is 0. The molecule has 0 aromatic carbocycles. The number of carboxylic acids is 1. The molecule has 7 nitrogen and oxygen atoms in total. The van der Waals surface area contributed by atoms with Crippen molar-refractivity contribution in [2.24, 2.45) is 0 Å². The van der Waals surface area contributed by atoms with Crippen LogP contribution in [0.25, 0.3) is 0 Å². The summed E-state index contributed by atoms with van der Waals surface area (Å²) in [7, 11) is 0. The summed E-state index contributed by atoms with van der Waals surface area (Å²) < 4.78 is 4.99. The van der Waals surface area contributed by atoms with Gasteiger partial charge < -0.3 is 14.9 Å². The molecule has 1 aromatic rings. The number of hydrogen-bond acceptors (Lipinski definition) is 5. The van der Waals surface area contributed by atoms with E-state index in [2.05, 4.69) is 15.5 Å². The van der Waals surface area contributed by atoms with Gasteiger partial charge in [-0.25, -0.2) is 4.79 Å². The fraction of sp³-hybridized carbons (Fsp3) is 0.667. The Bertz CT molecular complexity index is 430. The van der Waals surface area contributed by atoms with Gasteiger partial charge in [-0.05, 0) is 12.8 Å². The molecule has 0 aliphatic heterocycles. The molecule has 7 heteroatoms. The van der Waals surface area contributed by atoms with E-state index in [0.29, 0.717) is 24.6 Å². The van der Waals surface area contributed by atoms with E-state index in [1.54, 1.807) is 6.92 Å². The first kappa shape index (κ1) is 15.1. The highest BCUT2D eigenvalue weighted by Gasteiger charge is 2.17. The van der Waals surface area contributed by atoms with Crippen molar-refractivity contribution in [3.63, 3.8) is 0 Å². The maximum Gasteiger partial charge on any atom is 0.326 e. The summed E-state index contributed by atoms with van der Waals surface area (Å²) in [6.07, 6.45) is 2.47. The smallest absolute Gasteiger partial charge is 0.326 e. The predicted octanol–water partition coefficient (Wildman–Crippen LogP) is 0.934. The third-order valence-corrected chi connectivity index (χ3v) is 2.59. The largest absolute Gasteiger partial charge is 0.480 e. The highest BCUT2D eigenvalue weighted by atomic mass is 16.5. The van der Waals surface area contributed by atoms with Crippen LogP contribution in [-0.2, 0) is 22.4 Å². The van der Waals surface area contributed by atoms with Crippen LogP contribution in [0.3, 0.4) is 0 Å². The molecule has 0 saturated carbocycles. The molecule has 1 amide bonds. The predicted molar refractivity (Wildman–Crippen MR) is 66.5 cm³/mol. The van der Waals surface area contributed by atoms with E-state index < -0.39 is 12.0 Å². The number of aromatic nitrogens is 2. The maximum absolute atomic E-state index is 11.6. The second-order valence-corrected chi connectivity index (χ2v) is 4.22. The van der Waals surface area contributed by atoms with E-state index in [1.807, 2.05) is 6.92 Å². The van der Waals surface area contributed by atoms with Crippen molar-refractivity contribution in [3.8, 4) is 0 Å². The number of aryl methyl sites for hydroxylation is 2. The minimum absolute atomic E-state index is 0.136. The fourth-order valence-corrected chi connectivity index (χ4v) is 1.54. The summed E-state index contributed by atoms with van der Waals surface area (Å²) in [6, 6.07) is -0.842. The Kier molecular flexibility index (Phi) is 5.98. The molecule has 2 N–H and O–H groups in total. The number of aliphatic carboxylic acids is 1. The van der Waals surface area contributed by atoms with Gasteiger partial charge in [0.1, 0.15) is 6.04 Å². The Morgan fingerprint density at radius 3 is 2.68 bits per heavy atom. The lowest BCUT2D eigenvalue weighted by molar-refractivity contribution is -0.141. The van der Waals surface area contributed by atoms with E-state index in [-0.39, 0.29) is 12.3 Å². The average Bonchev–Trinajstić information content (AvgIpc) is 2.81. The van der Waals surface area contributed by atoms with Crippen LogP contribution in [0.15, 0.2) is 4.52 Å². The summed E-state index contributed by atoms with van der Waals surface area (Å²) in [6.45, 7) is 3.72. The normalized spacial score (nSPS) is 12.1. The number of nitrogens with one attached hydrogen (secondary N) is 1. The highest BCUT2D eigenvalue weighted by Crippen LogP contribution is 2.03. The Balaban J connectivity index is 2.38. The van der Waals surface area contributed by atoms with Crippen molar-refractivity contribution >= 4 is 11.9 Å². The zero-order valence-electron chi connectivity index (χ0n) is 11.2. The maximum atomic E-state index is 11.6. The van der Waals surface area contributed by atoms with E-state index in [9.17, 15) is 9.59 Å². The minimum Gasteiger partial charge on any atom is -0.480 e. The van der Waals surface area contributed by atoms with Gasteiger partial charge in [-0.3, -0.25) is 4.79 Å². The lowest BCUT2D eigenvalue weighted by Gasteiger charge is -2.11. The molecule has 106 valence electrons. The summed E-state index contributed by atoms with van der Waals surface area (Å²) in [5.41, 5.74) is 0. The Morgan fingerprint density at radius 1 is 1.37 bits per heavy atom. The molecule has 0 fully saturated rings. The lowest BCUT2D eigenvalue weighted by Crippen LogP contribution is -2.40. The number of carbonyl (C=O) groups excluding carboxylic acids is 1. The van der Waals surface area contributed by atoms with Crippen molar-refractivity contribution in [2.45, 2.75) is 52.0 Å². The SMILES string of the molecule is CCCc1noc(CCC(=O)N[C@@H](CC)C(=O)O)n1.